The van der Waals surface area contributed by atoms with Gasteiger partial charge in [0.1, 0.15) is 5.01 Å². The molecule has 0 spiro atoms. The number of thiazole rings is 1. The number of aliphatic hydroxyl groups excluding tert-OH is 1. The predicted octanol–water partition coefficient (Wildman–Crippen LogP) is 2.77. The van der Waals surface area contributed by atoms with E-state index in [0.717, 1.165) is 22.7 Å². The van der Waals surface area contributed by atoms with Gasteiger partial charge >= 0.3 is 6.03 Å². The highest BCUT2D eigenvalue weighted by Gasteiger charge is 2.08. The molecule has 3 N–H and O–H groups in total. The Morgan fingerprint density at radius 1 is 1.36 bits per heavy atom. The molecule has 0 aliphatic heterocycles. The maximum Gasteiger partial charge on any atom is 0.315 e. The molecule has 1 atom stereocenters. The number of urea groups is 1. The predicted molar refractivity (Wildman–Crippen MR) is 88.7 cm³/mol. The maximum atomic E-state index is 11.8. The lowest BCUT2D eigenvalue weighted by Gasteiger charge is -2.13. The van der Waals surface area contributed by atoms with E-state index in [1.54, 1.807) is 0 Å². The number of nitrogens with one attached hydrogen (secondary N) is 2. The van der Waals surface area contributed by atoms with Crippen LogP contribution in [0.5, 0.6) is 0 Å². The molecular weight excluding hydrogens is 298 g/mol. The summed E-state index contributed by atoms with van der Waals surface area (Å²) < 4.78 is 0. The number of benzene rings is 1. The van der Waals surface area contributed by atoms with Crippen molar-refractivity contribution in [2.24, 2.45) is 0 Å². The molecule has 1 aromatic carbocycles. The number of amides is 2. The zero-order valence-corrected chi connectivity index (χ0v) is 13.4. The molecule has 0 aliphatic carbocycles. The van der Waals surface area contributed by atoms with Gasteiger partial charge in [-0.1, -0.05) is 30.3 Å². The summed E-state index contributed by atoms with van der Waals surface area (Å²) in [6, 6.07) is 9.80. The Kier molecular flexibility index (Phi) is 6.36. The quantitative estimate of drug-likeness (QED) is 0.734. The molecule has 6 heteroatoms. The van der Waals surface area contributed by atoms with Crippen LogP contribution in [0.2, 0.25) is 0 Å². The Balaban J connectivity index is 1.80. The minimum atomic E-state index is -0.207. The van der Waals surface area contributed by atoms with Gasteiger partial charge in [-0.3, -0.25) is 0 Å². The van der Waals surface area contributed by atoms with Crippen LogP contribution in [0.3, 0.4) is 0 Å². The first-order chi connectivity index (χ1) is 10.7. The average molecular weight is 319 g/mol. The number of nitrogens with zero attached hydrogens (tertiary/aromatic N) is 1. The molecule has 22 heavy (non-hydrogen) atoms. The average Bonchev–Trinajstić information content (AvgIpc) is 3.01. The molecule has 5 nitrogen and oxygen atoms in total. The van der Waals surface area contributed by atoms with Crippen molar-refractivity contribution in [3.05, 3.63) is 40.7 Å². The molecule has 0 aliphatic rings. The maximum absolute atomic E-state index is 11.8. The molecule has 118 valence electrons. The summed E-state index contributed by atoms with van der Waals surface area (Å²) in [5.74, 6) is 0. The second kappa shape index (κ2) is 8.51. The van der Waals surface area contributed by atoms with Crippen molar-refractivity contribution in [1.82, 2.24) is 15.6 Å². The van der Waals surface area contributed by atoms with Crippen molar-refractivity contribution in [3.8, 4) is 11.3 Å². The molecule has 0 saturated carbocycles. The Morgan fingerprint density at radius 2 is 2.14 bits per heavy atom. The molecule has 2 aromatic rings. The van der Waals surface area contributed by atoms with Crippen LogP contribution in [-0.4, -0.2) is 28.8 Å². The lowest BCUT2D eigenvalue weighted by Crippen LogP contribution is -2.40. The van der Waals surface area contributed by atoms with Crippen molar-refractivity contribution in [2.75, 3.05) is 6.61 Å². The van der Waals surface area contributed by atoms with Gasteiger partial charge in [0.2, 0.25) is 0 Å². The zero-order chi connectivity index (χ0) is 15.8. The number of carbonyl (C=O) groups excluding carboxylic acids is 1. The van der Waals surface area contributed by atoms with Gasteiger partial charge in [-0.25, -0.2) is 9.78 Å². The van der Waals surface area contributed by atoms with Gasteiger partial charge in [0.25, 0.3) is 0 Å². The molecule has 0 saturated heterocycles. The lowest BCUT2D eigenvalue weighted by molar-refractivity contribution is 0.234. The van der Waals surface area contributed by atoms with Crippen LogP contribution < -0.4 is 10.6 Å². The third-order valence-corrected chi connectivity index (χ3v) is 4.04. The Morgan fingerprint density at radius 3 is 2.86 bits per heavy atom. The van der Waals surface area contributed by atoms with Crippen molar-refractivity contribution >= 4 is 17.4 Å². The van der Waals surface area contributed by atoms with Crippen molar-refractivity contribution in [3.63, 3.8) is 0 Å². The minimum absolute atomic E-state index is 0.0447. The first-order valence-electron chi connectivity index (χ1n) is 7.34. The first kappa shape index (κ1) is 16.5. The van der Waals surface area contributed by atoms with Crippen LogP contribution in [0.4, 0.5) is 4.79 Å². The lowest BCUT2D eigenvalue weighted by atomic mass is 10.2. The molecule has 0 fully saturated rings. The first-order valence-corrected chi connectivity index (χ1v) is 8.22. The van der Waals surface area contributed by atoms with E-state index in [9.17, 15) is 4.79 Å². The molecule has 2 amide bonds. The third-order valence-electron chi connectivity index (χ3n) is 3.19. The third kappa shape index (κ3) is 5.13. The molecule has 0 bridgehead atoms. The summed E-state index contributed by atoms with van der Waals surface area (Å²) in [5, 5.41) is 17.3. The van der Waals surface area contributed by atoms with Gasteiger partial charge in [-0.2, -0.15) is 0 Å². The highest BCUT2D eigenvalue weighted by atomic mass is 32.1. The summed E-state index contributed by atoms with van der Waals surface area (Å²) in [7, 11) is 0. The summed E-state index contributed by atoms with van der Waals surface area (Å²) in [6.45, 7) is 2.48. The number of aromatic nitrogens is 1. The van der Waals surface area contributed by atoms with Gasteiger partial charge in [-0.15, -0.1) is 11.3 Å². The van der Waals surface area contributed by atoms with E-state index in [-0.39, 0.29) is 18.7 Å². The molecular formula is C16H21N3O2S. The number of hydrogen-bond acceptors (Lipinski definition) is 4. The molecule has 1 unspecified atom stereocenters. The van der Waals surface area contributed by atoms with E-state index in [4.69, 9.17) is 5.11 Å². The normalized spacial score (nSPS) is 11.9. The van der Waals surface area contributed by atoms with Crippen molar-refractivity contribution in [2.45, 2.75) is 32.4 Å². The SMILES string of the molecule is CC(CCCO)NC(=O)NCc1nc(-c2ccccc2)cs1. The monoisotopic (exact) mass is 319 g/mol. The van der Waals surface area contributed by atoms with E-state index in [0.29, 0.717) is 13.0 Å². The summed E-state index contributed by atoms with van der Waals surface area (Å²) >= 11 is 1.53. The van der Waals surface area contributed by atoms with Crippen LogP contribution in [0.15, 0.2) is 35.7 Å². The topological polar surface area (TPSA) is 74.2 Å². The minimum Gasteiger partial charge on any atom is -0.396 e. The molecule has 2 rings (SSSR count). The highest BCUT2D eigenvalue weighted by Crippen LogP contribution is 2.21. The Bertz CT molecular complexity index is 586. The number of rotatable bonds is 7. The van der Waals surface area contributed by atoms with E-state index < -0.39 is 0 Å². The smallest absolute Gasteiger partial charge is 0.315 e. The second-order valence-electron chi connectivity index (χ2n) is 5.09. The second-order valence-corrected chi connectivity index (χ2v) is 6.03. The van der Waals surface area contributed by atoms with Crippen LogP contribution in [-0.2, 0) is 6.54 Å². The summed E-state index contributed by atoms with van der Waals surface area (Å²) in [4.78, 5) is 16.3. The van der Waals surface area contributed by atoms with Gasteiger partial charge in [0.15, 0.2) is 0 Å². The van der Waals surface area contributed by atoms with E-state index in [2.05, 4.69) is 15.6 Å². The number of hydrogen-bond donors (Lipinski definition) is 3. The number of aliphatic hydroxyl groups is 1. The van der Waals surface area contributed by atoms with E-state index in [1.165, 1.54) is 11.3 Å². The van der Waals surface area contributed by atoms with Crippen LogP contribution in [0.1, 0.15) is 24.8 Å². The van der Waals surface area contributed by atoms with Gasteiger partial charge in [-0.05, 0) is 19.8 Å². The molecule has 1 aromatic heterocycles. The standard InChI is InChI=1S/C16H21N3O2S/c1-12(6-5-9-20)18-16(21)17-10-15-19-14(11-22-15)13-7-3-2-4-8-13/h2-4,7-8,11-12,20H,5-6,9-10H2,1H3,(H2,17,18,21). The Hall–Kier alpha value is -1.92. The fourth-order valence-electron chi connectivity index (χ4n) is 2.03. The highest BCUT2D eigenvalue weighted by molar-refractivity contribution is 7.09. The molecule has 0 radical (unpaired) electrons. The van der Waals surface area contributed by atoms with Gasteiger partial charge in [0.05, 0.1) is 12.2 Å². The summed E-state index contributed by atoms with van der Waals surface area (Å²) in [5.41, 5.74) is 2.01. The summed E-state index contributed by atoms with van der Waals surface area (Å²) in [6.07, 6.45) is 1.45. The Labute approximate surface area is 134 Å². The van der Waals surface area contributed by atoms with Crippen LogP contribution in [0.25, 0.3) is 11.3 Å². The van der Waals surface area contributed by atoms with Gasteiger partial charge in [0, 0.05) is 23.6 Å². The van der Waals surface area contributed by atoms with Crippen molar-refractivity contribution < 1.29 is 9.90 Å². The number of carbonyl (C=O) groups is 1. The zero-order valence-electron chi connectivity index (χ0n) is 12.6. The van der Waals surface area contributed by atoms with Crippen molar-refractivity contribution in [1.29, 1.82) is 0 Å². The van der Waals surface area contributed by atoms with Crippen LogP contribution in [0, 0.1) is 0 Å². The largest absolute Gasteiger partial charge is 0.396 e. The fourth-order valence-corrected chi connectivity index (χ4v) is 2.78. The van der Waals surface area contributed by atoms with E-state index >= 15 is 0 Å². The van der Waals surface area contributed by atoms with Gasteiger partial charge < -0.3 is 15.7 Å². The fraction of sp³-hybridized carbons (Fsp3) is 0.375. The van der Waals surface area contributed by atoms with Crippen LogP contribution >= 0.6 is 11.3 Å². The molecule has 1 heterocycles. The van der Waals surface area contributed by atoms with E-state index in [1.807, 2.05) is 42.6 Å².